The van der Waals surface area contributed by atoms with Crippen LogP contribution < -0.4 is 5.73 Å². The van der Waals surface area contributed by atoms with Gasteiger partial charge in [0.05, 0.1) is 13.7 Å². The Hall–Kier alpha value is -1.43. The molecular weight excluding hydrogens is 222 g/mol. The first-order valence-corrected chi connectivity index (χ1v) is 5.19. The molecule has 0 aromatic heterocycles. The molecule has 0 radical (unpaired) electrons. The summed E-state index contributed by atoms with van der Waals surface area (Å²) >= 11 is 0. The van der Waals surface area contributed by atoms with Gasteiger partial charge in [0.15, 0.2) is 0 Å². The molecule has 1 aromatic carbocycles. The number of nitrogens with two attached hydrogens (primary N) is 1. The second-order valence-electron chi connectivity index (χ2n) is 3.67. The van der Waals surface area contributed by atoms with Gasteiger partial charge in [0.1, 0.15) is 12.1 Å². The van der Waals surface area contributed by atoms with E-state index in [-0.39, 0.29) is 0 Å². The standard InChI is InChI=1S/C12H17NO4/c1-16-7-8-4-3-5-9(6-8)11(14)10(13)12(15)17-2/h3-6,10-11,14H,7,13H2,1-2H3. The molecule has 3 N–H and O–H groups in total. The average molecular weight is 239 g/mol. The second-order valence-corrected chi connectivity index (χ2v) is 3.67. The minimum Gasteiger partial charge on any atom is -0.468 e. The Balaban J connectivity index is 2.84. The third kappa shape index (κ3) is 3.52. The van der Waals surface area contributed by atoms with E-state index in [0.29, 0.717) is 12.2 Å². The van der Waals surface area contributed by atoms with Crippen molar-refractivity contribution in [2.24, 2.45) is 5.73 Å². The fourth-order valence-corrected chi connectivity index (χ4v) is 1.51. The van der Waals surface area contributed by atoms with Gasteiger partial charge in [-0.25, -0.2) is 0 Å². The van der Waals surface area contributed by atoms with Crippen molar-refractivity contribution in [2.45, 2.75) is 18.8 Å². The van der Waals surface area contributed by atoms with E-state index in [0.717, 1.165) is 5.56 Å². The molecule has 0 fully saturated rings. The number of aliphatic hydroxyl groups excluding tert-OH is 1. The van der Waals surface area contributed by atoms with Crippen LogP contribution in [-0.2, 0) is 20.9 Å². The zero-order valence-electron chi connectivity index (χ0n) is 9.92. The van der Waals surface area contributed by atoms with Gasteiger partial charge in [-0.05, 0) is 11.1 Å². The zero-order valence-corrected chi connectivity index (χ0v) is 9.92. The van der Waals surface area contributed by atoms with E-state index in [4.69, 9.17) is 10.5 Å². The molecule has 0 amide bonds. The number of carbonyl (C=O) groups is 1. The summed E-state index contributed by atoms with van der Waals surface area (Å²) in [6, 6.07) is 6.00. The highest BCUT2D eigenvalue weighted by Crippen LogP contribution is 2.18. The van der Waals surface area contributed by atoms with Crippen LogP contribution in [0, 0.1) is 0 Å². The zero-order chi connectivity index (χ0) is 12.8. The summed E-state index contributed by atoms with van der Waals surface area (Å²) in [7, 11) is 2.82. The van der Waals surface area contributed by atoms with Crippen LogP contribution in [0.15, 0.2) is 24.3 Å². The normalized spacial score (nSPS) is 14.1. The van der Waals surface area contributed by atoms with Crippen molar-refractivity contribution >= 4 is 5.97 Å². The van der Waals surface area contributed by atoms with Crippen LogP contribution in [0.1, 0.15) is 17.2 Å². The molecule has 5 nitrogen and oxygen atoms in total. The number of ether oxygens (including phenoxy) is 2. The van der Waals surface area contributed by atoms with Crippen molar-refractivity contribution in [1.82, 2.24) is 0 Å². The lowest BCUT2D eigenvalue weighted by atomic mass is 10.0. The highest BCUT2D eigenvalue weighted by molar-refractivity contribution is 5.76. The van der Waals surface area contributed by atoms with Crippen LogP contribution in [0.5, 0.6) is 0 Å². The van der Waals surface area contributed by atoms with Gasteiger partial charge in [-0.15, -0.1) is 0 Å². The number of benzene rings is 1. The summed E-state index contributed by atoms with van der Waals surface area (Å²) in [6.07, 6.45) is -1.08. The minimum absolute atomic E-state index is 0.439. The number of esters is 1. The van der Waals surface area contributed by atoms with Crippen molar-refractivity contribution in [3.05, 3.63) is 35.4 Å². The van der Waals surface area contributed by atoms with Crippen LogP contribution in [-0.4, -0.2) is 31.3 Å². The second kappa shape index (κ2) is 6.34. The smallest absolute Gasteiger partial charge is 0.325 e. The van der Waals surface area contributed by atoms with E-state index >= 15 is 0 Å². The highest BCUT2D eigenvalue weighted by atomic mass is 16.5. The van der Waals surface area contributed by atoms with Gasteiger partial charge in [0, 0.05) is 7.11 Å². The monoisotopic (exact) mass is 239 g/mol. The van der Waals surface area contributed by atoms with E-state index in [1.165, 1.54) is 7.11 Å². The number of carbonyl (C=O) groups excluding carboxylic acids is 1. The Morgan fingerprint density at radius 1 is 1.47 bits per heavy atom. The number of hydrogen-bond donors (Lipinski definition) is 2. The average Bonchev–Trinajstić information content (AvgIpc) is 2.36. The van der Waals surface area contributed by atoms with E-state index in [2.05, 4.69) is 4.74 Å². The van der Waals surface area contributed by atoms with Gasteiger partial charge < -0.3 is 20.3 Å². The topological polar surface area (TPSA) is 81.8 Å². The molecule has 94 valence electrons. The van der Waals surface area contributed by atoms with Gasteiger partial charge in [0.25, 0.3) is 0 Å². The molecule has 0 saturated heterocycles. The summed E-state index contributed by atoms with van der Waals surface area (Å²) < 4.78 is 9.47. The summed E-state index contributed by atoms with van der Waals surface area (Å²) in [5, 5.41) is 9.92. The Bertz CT molecular complexity index is 381. The van der Waals surface area contributed by atoms with E-state index in [9.17, 15) is 9.90 Å². The van der Waals surface area contributed by atoms with Crippen molar-refractivity contribution in [3.8, 4) is 0 Å². The number of methoxy groups -OCH3 is 2. The summed E-state index contributed by atoms with van der Waals surface area (Å²) in [5.74, 6) is -0.644. The summed E-state index contributed by atoms with van der Waals surface area (Å²) in [4.78, 5) is 11.2. The molecule has 2 unspecified atom stereocenters. The molecular formula is C12H17NO4. The lowest BCUT2D eigenvalue weighted by molar-refractivity contribution is -0.145. The van der Waals surface area contributed by atoms with Crippen LogP contribution in [0.4, 0.5) is 0 Å². The highest BCUT2D eigenvalue weighted by Gasteiger charge is 2.24. The largest absolute Gasteiger partial charge is 0.468 e. The molecule has 17 heavy (non-hydrogen) atoms. The first-order valence-electron chi connectivity index (χ1n) is 5.19. The molecule has 0 aliphatic heterocycles. The predicted molar refractivity (Wildman–Crippen MR) is 62.1 cm³/mol. The van der Waals surface area contributed by atoms with Gasteiger partial charge in [0.2, 0.25) is 0 Å². The predicted octanol–water partition coefficient (Wildman–Crippen LogP) is 0.367. The first-order chi connectivity index (χ1) is 8.10. The summed E-state index contributed by atoms with van der Waals surface area (Å²) in [6.45, 7) is 0.439. The fraction of sp³-hybridized carbons (Fsp3) is 0.417. The number of rotatable bonds is 5. The molecule has 1 aromatic rings. The third-order valence-electron chi connectivity index (χ3n) is 2.42. The Kier molecular flexibility index (Phi) is 5.09. The molecule has 0 saturated carbocycles. The Labute approximate surface area is 100 Å². The van der Waals surface area contributed by atoms with E-state index < -0.39 is 18.1 Å². The molecule has 0 spiro atoms. The van der Waals surface area contributed by atoms with Gasteiger partial charge >= 0.3 is 5.97 Å². The molecule has 1 rings (SSSR count). The molecule has 0 aliphatic carbocycles. The van der Waals surface area contributed by atoms with Crippen LogP contribution in [0.3, 0.4) is 0 Å². The van der Waals surface area contributed by atoms with Crippen LogP contribution in [0.2, 0.25) is 0 Å². The quantitative estimate of drug-likeness (QED) is 0.725. The van der Waals surface area contributed by atoms with Crippen molar-refractivity contribution in [2.75, 3.05) is 14.2 Å². The third-order valence-corrected chi connectivity index (χ3v) is 2.42. The van der Waals surface area contributed by atoms with Gasteiger partial charge in [-0.1, -0.05) is 24.3 Å². The van der Waals surface area contributed by atoms with Crippen molar-refractivity contribution < 1.29 is 19.4 Å². The first kappa shape index (κ1) is 13.6. The van der Waals surface area contributed by atoms with Crippen LogP contribution >= 0.6 is 0 Å². The molecule has 0 aliphatic rings. The Morgan fingerprint density at radius 3 is 2.76 bits per heavy atom. The van der Waals surface area contributed by atoms with E-state index in [1.807, 2.05) is 6.07 Å². The van der Waals surface area contributed by atoms with Gasteiger partial charge in [-0.2, -0.15) is 0 Å². The maximum Gasteiger partial charge on any atom is 0.325 e. The van der Waals surface area contributed by atoms with Crippen molar-refractivity contribution in [1.29, 1.82) is 0 Å². The maximum atomic E-state index is 11.2. The number of aliphatic hydroxyl groups is 1. The SMILES string of the molecule is COCc1cccc(C(O)C(N)C(=O)OC)c1. The fourth-order valence-electron chi connectivity index (χ4n) is 1.51. The lowest BCUT2D eigenvalue weighted by Crippen LogP contribution is -2.37. The van der Waals surface area contributed by atoms with Crippen molar-refractivity contribution in [3.63, 3.8) is 0 Å². The maximum absolute atomic E-state index is 11.2. The number of hydrogen-bond acceptors (Lipinski definition) is 5. The van der Waals surface area contributed by atoms with Gasteiger partial charge in [-0.3, -0.25) is 4.79 Å². The summed E-state index contributed by atoms with van der Waals surface area (Å²) in [5.41, 5.74) is 7.04. The lowest BCUT2D eigenvalue weighted by Gasteiger charge is -2.17. The minimum atomic E-state index is -1.09. The molecule has 2 atom stereocenters. The Morgan fingerprint density at radius 2 is 2.18 bits per heavy atom. The van der Waals surface area contributed by atoms with E-state index in [1.54, 1.807) is 25.3 Å². The molecule has 0 heterocycles. The molecule has 5 heteroatoms. The van der Waals surface area contributed by atoms with Crippen LogP contribution in [0.25, 0.3) is 0 Å². The molecule has 0 bridgehead atoms.